The van der Waals surface area contributed by atoms with Gasteiger partial charge in [-0.25, -0.2) is 9.78 Å². The molecule has 10 nitrogen and oxygen atoms in total. The van der Waals surface area contributed by atoms with E-state index in [1.807, 2.05) is 0 Å². The molecule has 1 aliphatic rings. The molecule has 2 N–H and O–H groups in total. The summed E-state index contributed by atoms with van der Waals surface area (Å²) in [6.07, 6.45) is 4.81. The molecule has 1 atom stereocenters. The second-order valence-corrected chi connectivity index (χ2v) is 8.90. The van der Waals surface area contributed by atoms with E-state index in [0.29, 0.717) is 55.4 Å². The van der Waals surface area contributed by atoms with Crippen LogP contribution in [0.5, 0.6) is 0 Å². The van der Waals surface area contributed by atoms with Crippen LogP contribution >= 0.6 is 0 Å². The highest BCUT2D eigenvalue weighted by Crippen LogP contribution is 2.35. The number of hydrogen-bond donors (Lipinski definition) is 2. The molecule has 0 fully saturated rings. The molecule has 0 saturated heterocycles. The Morgan fingerprint density at radius 1 is 1.27 bits per heavy atom. The molecule has 0 aliphatic carbocycles. The van der Waals surface area contributed by atoms with Crippen LogP contribution in [0.1, 0.15) is 32.9 Å². The van der Waals surface area contributed by atoms with Gasteiger partial charge in [0.15, 0.2) is 4.90 Å². The number of aromatic amines is 1. The largest absolute Gasteiger partial charge is 0.612 e. The maximum absolute atomic E-state index is 12.9. The Hall–Kier alpha value is -3.96. The molecule has 0 radical (unpaired) electrons. The van der Waals surface area contributed by atoms with Crippen molar-refractivity contribution in [2.75, 3.05) is 11.6 Å². The van der Waals surface area contributed by atoms with E-state index in [4.69, 9.17) is 4.84 Å². The molecule has 4 aromatic rings. The third-order valence-corrected chi connectivity index (χ3v) is 6.34. The van der Waals surface area contributed by atoms with Crippen molar-refractivity contribution in [1.82, 2.24) is 25.1 Å². The minimum Gasteiger partial charge on any atom is -0.612 e. The molecular formula is C22H18N6O4S. The summed E-state index contributed by atoms with van der Waals surface area (Å²) < 4.78 is 11.9. The molecule has 0 spiro atoms. The van der Waals surface area contributed by atoms with Crippen molar-refractivity contribution in [3.05, 3.63) is 64.6 Å². The zero-order valence-corrected chi connectivity index (χ0v) is 18.7. The van der Waals surface area contributed by atoms with Crippen LogP contribution in [-0.2, 0) is 16.0 Å². The number of fused-ring (bicyclic) bond motifs is 2. The lowest BCUT2D eigenvalue weighted by atomic mass is 10.0. The molecule has 0 saturated carbocycles. The highest BCUT2D eigenvalue weighted by Gasteiger charge is 2.27. The van der Waals surface area contributed by atoms with E-state index in [1.165, 1.54) is 0 Å². The summed E-state index contributed by atoms with van der Waals surface area (Å²) in [7, 11) is 0. The number of anilines is 1. The van der Waals surface area contributed by atoms with Gasteiger partial charge in [0.2, 0.25) is 5.65 Å². The maximum atomic E-state index is 12.9. The fourth-order valence-corrected chi connectivity index (χ4v) is 4.33. The minimum absolute atomic E-state index is 0.278. The van der Waals surface area contributed by atoms with Gasteiger partial charge < -0.3 is 19.7 Å². The van der Waals surface area contributed by atoms with Gasteiger partial charge in [-0.3, -0.25) is 4.79 Å². The summed E-state index contributed by atoms with van der Waals surface area (Å²) in [5.74, 6) is -0.914. The molecule has 4 heterocycles. The zero-order chi connectivity index (χ0) is 23.3. The molecule has 0 bridgehead atoms. The average molecular weight is 462 g/mol. The first-order valence-electron chi connectivity index (χ1n) is 9.92. The topological polar surface area (TPSA) is 138 Å². The van der Waals surface area contributed by atoms with Gasteiger partial charge in [-0.05, 0) is 71.0 Å². The lowest BCUT2D eigenvalue weighted by Gasteiger charge is -2.06. The van der Waals surface area contributed by atoms with Crippen molar-refractivity contribution < 1.29 is 19.0 Å². The summed E-state index contributed by atoms with van der Waals surface area (Å²) >= 11 is -1.18. The summed E-state index contributed by atoms with van der Waals surface area (Å²) in [6.45, 7) is 3.50. The van der Waals surface area contributed by atoms with Gasteiger partial charge in [-0.2, -0.15) is 0 Å². The number of pyridine rings is 1. The normalized spacial score (nSPS) is 15.0. The van der Waals surface area contributed by atoms with Crippen molar-refractivity contribution >= 4 is 51.6 Å². The van der Waals surface area contributed by atoms with Crippen LogP contribution in [0.25, 0.3) is 22.8 Å². The quantitative estimate of drug-likeness (QED) is 0.269. The second-order valence-electron chi connectivity index (χ2n) is 7.52. The third-order valence-electron chi connectivity index (χ3n) is 5.43. The van der Waals surface area contributed by atoms with E-state index in [1.54, 1.807) is 62.7 Å². The molecule has 5 rings (SSSR count). The summed E-state index contributed by atoms with van der Waals surface area (Å²) in [5, 5.41) is 10.6. The number of rotatable bonds is 4. The minimum atomic E-state index is -1.18. The molecule has 1 aromatic carbocycles. The lowest BCUT2D eigenvalue weighted by Crippen LogP contribution is -2.22. The number of carbonyl (C=O) groups excluding carboxylic acids is 2. The first kappa shape index (κ1) is 20.9. The number of H-pyrrole nitrogens is 1. The number of benzene rings is 1. The van der Waals surface area contributed by atoms with Gasteiger partial charge in [-0.1, -0.05) is 0 Å². The molecule has 33 heavy (non-hydrogen) atoms. The van der Waals surface area contributed by atoms with Gasteiger partial charge in [0.25, 0.3) is 5.91 Å². The maximum Gasteiger partial charge on any atom is 0.367 e. The molecular weight excluding hydrogens is 444 g/mol. The first-order chi connectivity index (χ1) is 15.8. The highest BCUT2D eigenvalue weighted by molar-refractivity contribution is 7.90. The number of amides is 1. The van der Waals surface area contributed by atoms with Crippen molar-refractivity contribution in [2.45, 2.75) is 18.7 Å². The number of carbonyl (C=O) groups is 2. The van der Waals surface area contributed by atoms with Gasteiger partial charge in [-0.15, -0.1) is 5.10 Å². The Kier molecular flexibility index (Phi) is 4.99. The van der Waals surface area contributed by atoms with Gasteiger partial charge in [0, 0.05) is 34.9 Å². The molecule has 166 valence electrons. The average Bonchev–Trinajstić information content (AvgIpc) is 3.42. The number of aryl methyl sites for hydroxylation is 1. The summed E-state index contributed by atoms with van der Waals surface area (Å²) in [6, 6.07) is 8.61. The number of hydrogen-bond acceptors (Lipinski definition) is 7. The molecule has 1 amide bonds. The van der Waals surface area contributed by atoms with Crippen LogP contribution in [-0.4, -0.2) is 47.8 Å². The Balaban J connectivity index is 1.50. The smallest absolute Gasteiger partial charge is 0.367 e. The lowest BCUT2D eigenvalue weighted by molar-refractivity contribution is -0.110. The van der Waals surface area contributed by atoms with Crippen LogP contribution in [0.3, 0.4) is 0 Å². The third kappa shape index (κ3) is 3.56. The van der Waals surface area contributed by atoms with Crippen LogP contribution in [0.15, 0.2) is 41.4 Å². The predicted molar refractivity (Wildman–Crippen MR) is 122 cm³/mol. The van der Waals surface area contributed by atoms with E-state index >= 15 is 0 Å². The predicted octanol–water partition coefficient (Wildman–Crippen LogP) is 2.27. The Labute approximate surface area is 190 Å². The standard InChI is InChI=1S/C22H18N6O4S/c1-11-18(10-15-14-9-13(33(3)31)6-7-16(14)25-21(15)29)24-12(2)19(11)22(30)32-28-20-17(26-27-28)5-4-8-23-20/h4-10,24H,1-3H3,(H,25,29)/b15-10-. The van der Waals surface area contributed by atoms with Crippen LogP contribution in [0, 0.1) is 13.8 Å². The van der Waals surface area contributed by atoms with Crippen LogP contribution in [0.2, 0.25) is 0 Å². The van der Waals surface area contributed by atoms with Crippen molar-refractivity contribution in [3.63, 3.8) is 0 Å². The van der Waals surface area contributed by atoms with Crippen molar-refractivity contribution in [2.24, 2.45) is 0 Å². The van der Waals surface area contributed by atoms with Crippen LogP contribution < -0.4 is 10.2 Å². The Morgan fingerprint density at radius 2 is 2.09 bits per heavy atom. The molecule has 3 aromatic heterocycles. The van der Waals surface area contributed by atoms with E-state index < -0.39 is 17.1 Å². The van der Waals surface area contributed by atoms with E-state index in [-0.39, 0.29) is 5.91 Å². The van der Waals surface area contributed by atoms with Crippen LogP contribution in [0.4, 0.5) is 5.69 Å². The summed E-state index contributed by atoms with van der Waals surface area (Å²) in [5.41, 5.74) is 4.62. The van der Waals surface area contributed by atoms with Crippen molar-refractivity contribution in [3.8, 4) is 0 Å². The van der Waals surface area contributed by atoms with E-state index in [0.717, 1.165) is 4.85 Å². The van der Waals surface area contributed by atoms with E-state index in [2.05, 4.69) is 25.6 Å². The molecule has 1 aliphatic heterocycles. The second kappa shape index (κ2) is 7.87. The fourth-order valence-electron chi connectivity index (χ4n) is 3.79. The first-order valence-corrected chi connectivity index (χ1v) is 11.5. The molecule has 11 heteroatoms. The zero-order valence-electron chi connectivity index (χ0n) is 17.9. The van der Waals surface area contributed by atoms with Gasteiger partial charge >= 0.3 is 5.97 Å². The van der Waals surface area contributed by atoms with E-state index in [9.17, 15) is 14.1 Å². The van der Waals surface area contributed by atoms with Gasteiger partial charge in [0.05, 0.1) is 11.1 Å². The number of nitrogens with one attached hydrogen (secondary N) is 2. The van der Waals surface area contributed by atoms with Crippen molar-refractivity contribution in [1.29, 1.82) is 0 Å². The summed E-state index contributed by atoms with van der Waals surface area (Å²) in [4.78, 5) is 39.8. The Morgan fingerprint density at radius 3 is 2.88 bits per heavy atom. The number of nitrogens with zero attached hydrogens (tertiary/aromatic N) is 4. The van der Waals surface area contributed by atoms with Gasteiger partial charge in [0.1, 0.15) is 11.8 Å². The SMILES string of the molecule is Cc1[nH]c(/C=C2\C(=O)Nc3ccc([S+](C)[O-])cc32)c(C)c1C(=O)On1nnc2cccnc21. The molecule has 1 unspecified atom stereocenters. The fraction of sp³-hybridized carbons (Fsp3) is 0.136. The monoisotopic (exact) mass is 462 g/mol. The highest BCUT2D eigenvalue weighted by atomic mass is 32.2. The Bertz CT molecular complexity index is 1470. The number of aromatic nitrogens is 5.